The molecule has 65 heavy (non-hydrogen) atoms. The molecule has 0 aromatic carbocycles. The van der Waals surface area contributed by atoms with E-state index in [-0.39, 0.29) is 0 Å². The van der Waals surface area contributed by atoms with E-state index in [0.29, 0.717) is 0 Å². The van der Waals surface area contributed by atoms with Crippen LogP contribution in [-0.4, -0.2) is 276 Å². The van der Waals surface area contributed by atoms with Crippen LogP contribution in [0, 0.1) is 0 Å². The SMILES string of the molecule is CC(=O)N[C@H]1[C@H](OC[C@H]2OC(O)[C@H](NC(C)=O)[C@@H](O[C@@H]3O[C@H](CO)[C@H](O)[C@H](O)[C@H]3O)[C@H]2O)O[C@H](CO)[C@@H](O[C@@H]2O[C@H](CO)[C@H](O[C@@H]3O[C@H](CO)[C@@H](O)[C@H](O)[C@H]3NC(C)=O)[C@H](O)[C@H]2O)[C@@H]1O. The van der Waals surface area contributed by atoms with Crippen LogP contribution >= 0.6 is 0 Å². The minimum Gasteiger partial charge on any atom is -0.394 e. The molecular formula is C36H61N3O26. The summed E-state index contributed by atoms with van der Waals surface area (Å²) < 4.78 is 51.1. The number of carbonyl (C=O) groups is 3. The molecule has 5 saturated heterocycles. The molecule has 5 rings (SSSR count). The summed E-state index contributed by atoms with van der Waals surface area (Å²) in [5, 5.41) is 155. The monoisotopic (exact) mass is 951 g/mol. The Balaban J connectivity index is 1.30. The summed E-state index contributed by atoms with van der Waals surface area (Å²) in [5.74, 6) is -2.20. The van der Waals surface area contributed by atoms with Gasteiger partial charge in [0.15, 0.2) is 31.5 Å². The van der Waals surface area contributed by atoms with Crippen molar-refractivity contribution in [2.24, 2.45) is 0 Å². The van der Waals surface area contributed by atoms with Crippen molar-refractivity contribution in [2.45, 2.75) is 174 Å². The Kier molecular flexibility index (Phi) is 19.1. The maximum absolute atomic E-state index is 12.4. The fourth-order valence-corrected chi connectivity index (χ4v) is 8.14. The molecule has 25 atom stereocenters. The lowest BCUT2D eigenvalue weighted by Gasteiger charge is -2.49. The Labute approximate surface area is 369 Å². The van der Waals surface area contributed by atoms with Crippen molar-refractivity contribution in [3.63, 3.8) is 0 Å². The lowest BCUT2D eigenvalue weighted by atomic mass is 9.94. The zero-order valence-electron chi connectivity index (χ0n) is 35.1. The third-order valence-corrected chi connectivity index (χ3v) is 11.5. The molecule has 0 spiro atoms. The molecule has 0 bridgehead atoms. The Bertz CT molecular complexity index is 1550. The number of rotatable bonds is 16. The van der Waals surface area contributed by atoms with Crippen LogP contribution in [0.4, 0.5) is 0 Å². The van der Waals surface area contributed by atoms with Gasteiger partial charge >= 0.3 is 0 Å². The quantitative estimate of drug-likeness (QED) is 0.0683. The van der Waals surface area contributed by atoms with E-state index >= 15 is 0 Å². The van der Waals surface area contributed by atoms with Crippen LogP contribution < -0.4 is 16.0 Å². The maximum Gasteiger partial charge on any atom is 0.217 e. The fraction of sp³-hybridized carbons (Fsp3) is 0.917. The van der Waals surface area contributed by atoms with Gasteiger partial charge in [0, 0.05) is 20.8 Å². The average Bonchev–Trinajstić information content (AvgIpc) is 3.26. The zero-order valence-corrected chi connectivity index (χ0v) is 35.1. The zero-order chi connectivity index (χ0) is 48.2. The van der Waals surface area contributed by atoms with Crippen LogP contribution in [0.15, 0.2) is 0 Å². The molecule has 5 aliphatic rings. The number of ether oxygens (including phenoxy) is 9. The van der Waals surface area contributed by atoms with E-state index in [1.54, 1.807) is 0 Å². The van der Waals surface area contributed by atoms with Crippen LogP contribution in [0.1, 0.15) is 20.8 Å². The van der Waals surface area contributed by atoms with E-state index in [9.17, 15) is 85.9 Å². The largest absolute Gasteiger partial charge is 0.394 e. The third-order valence-electron chi connectivity index (χ3n) is 11.5. The second-order valence-electron chi connectivity index (χ2n) is 16.2. The molecule has 29 heteroatoms. The molecule has 29 nitrogen and oxygen atoms in total. The van der Waals surface area contributed by atoms with Crippen molar-refractivity contribution in [1.82, 2.24) is 16.0 Å². The van der Waals surface area contributed by atoms with Gasteiger partial charge in [-0.2, -0.15) is 0 Å². The first-order valence-electron chi connectivity index (χ1n) is 20.6. The van der Waals surface area contributed by atoms with E-state index in [0.717, 1.165) is 20.8 Å². The normalized spacial score (nSPS) is 47.1. The molecule has 0 aromatic heterocycles. The summed E-state index contributed by atoms with van der Waals surface area (Å²) in [6.07, 6.45) is -39.1. The van der Waals surface area contributed by atoms with Crippen LogP contribution in [0.25, 0.3) is 0 Å². The van der Waals surface area contributed by atoms with Crippen LogP contribution in [-0.2, 0) is 57.0 Å². The van der Waals surface area contributed by atoms with Crippen molar-refractivity contribution in [3.05, 3.63) is 0 Å². The van der Waals surface area contributed by atoms with E-state index < -0.39 is 204 Å². The van der Waals surface area contributed by atoms with Crippen molar-refractivity contribution >= 4 is 17.7 Å². The van der Waals surface area contributed by atoms with Crippen molar-refractivity contribution < 1.29 is 129 Å². The van der Waals surface area contributed by atoms with E-state index in [1.807, 2.05) is 0 Å². The standard InChI is InChI=1S/C36H61N3O26/c1-9(44)37-17-23(50)20(47)12(4-40)59-34(17)63-30-15(7-43)62-36(28(55)26(30)53)64-29-14(6-42)61-33(18(24(29)51)38-10(2)45)57-8-16-22(49)31(19(32(56)58-16)39-11(3)46)65-35-27(54)25(52)21(48)13(5-41)60-35/h12-36,40-43,47-56H,4-8H2,1-3H3,(H,37,44)(H,38,45)(H,39,46)/t12-,13-,14-,15-,16-,17-,18-,19-,20-,21+,22+,23-,24-,25+,26-,27-,28-,29-,30+,31-,32?,33-,34+,35+,36+/m1/s1. The summed E-state index contributed by atoms with van der Waals surface area (Å²) in [5.41, 5.74) is 0. The Morgan fingerprint density at radius 1 is 0.400 bits per heavy atom. The van der Waals surface area contributed by atoms with Crippen LogP contribution in [0.5, 0.6) is 0 Å². The number of hydrogen-bond acceptors (Lipinski definition) is 26. The first-order chi connectivity index (χ1) is 30.7. The molecule has 0 saturated carbocycles. The number of hydrogen-bond donors (Lipinski definition) is 17. The van der Waals surface area contributed by atoms with Crippen molar-refractivity contribution in [3.8, 4) is 0 Å². The highest BCUT2D eigenvalue weighted by Gasteiger charge is 2.56. The van der Waals surface area contributed by atoms with Gasteiger partial charge < -0.3 is 130 Å². The molecule has 17 N–H and O–H groups in total. The number of carbonyl (C=O) groups excluding carboxylic acids is 3. The fourth-order valence-electron chi connectivity index (χ4n) is 8.14. The number of amides is 3. The van der Waals surface area contributed by atoms with Crippen LogP contribution in [0.3, 0.4) is 0 Å². The molecule has 5 fully saturated rings. The molecule has 5 heterocycles. The predicted octanol–water partition coefficient (Wildman–Crippen LogP) is -11.5. The highest BCUT2D eigenvalue weighted by Crippen LogP contribution is 2.34. The topological polar surface area (TPSA) is 454 Å². The number of aliphatic hydroxyl groups excluding tert-OH is 14. The Morgan fingerprint density at radius 2 is 0.800 bits per heavy atom. The molecule has 0 aromatic rings. The molecular weight excluding hydrogens is 890 g/mol. The third kappa shape index (κ3) is 12.0. The molecule has 376 valence electrons. The number of aliphatic hydroxyl groups is 14. The van der Waals surface area contributed by atoms with Gasteiger partial charge in [-0.25, -0.2) is 0 Å². The van der Waals surface area contributed by atoms with Gasteiger partial charge in [0.25, 0.3) is 0 Å². The second kappa shape index (κ2) is 23.2. The van der Waals surface area contributed by atoms with Gasteiger partial charge in [0.05, 0.1) is 33.0 Å². The minimum absolute atomic E-state index is 0.700. The highest BCUT2D eigenvalue weighted by molar-refractivity contribution is 5.74. The average molecular weight is 952 g/mol. The highest BCUT2D eigenvalue weighted by atomic mass is 16.8. The lowest BCUT2D eigenvalue weighted by Crippen LogP contribution is -2.69. The predicted molar refractivity (Wildman–Crippen MR) is 201 cm³/mol. The minimum atomic E-state index is -2.09. The lowest BCUT2D eigenvalue weighted by molar-refractivity contribution is -0.370. The van der Waals surface area contributed by atoms with E-state index in [1.165, 1.54) is 0 Å². The molecule has 0 radical (unpaired) electrons. The molecule has 5 aliphatic heterocycles. The maximum atomic E-state index is 12.4. The van der Waals surface area contributed by atoms with Gasteiger partial charge in [-0.15, -0.1) is 0 Å². The van der Waals surface area contributed by atoms with Gasteiger partial charge in [0.1, 0.15) is 122 Å². The number of nitrogens with one attached hydrogen (secondary N) is 3. The smallest absolute Gasteiger partial charge is 0.217 e. The van der Waals surface area contributed by atoms with Gasteiger partial charge in [-0.1, -0.05) is 0 Å². The first kappa shape index (κ1) is 53.4. The van der Waals surface area contributed by atoms with Gasteiger partial charge in [-0.05, 0) is 0 Å². The summed E-state index contributed by atoms with van der Waals surface area (Å²) in [6.45, 7) is -1.11. The van der Waals surface area contributed by atoms with Gasteiger partial charge in [-0.3, -0.25) is 14.4 Å². The Morgan fingerprint density at radius 3 is 1.32 bits per heavy atom. The summed E-state index contributed by atoms with van der Waals surface area (Å²) in [7, 11) is 0. The van der Waals surface area contributed by atoms with E-state index in [2.05, 4.69) is 16.0 Å². The van der Waals surface area contributed by atoms with Crippen LogP contribution in [0.2, 0.25) is 0 Å². The van der Waals surface area contributed by atoms with Gasteiger partial charge in [0.2, 0.25) is 17.7 Å². The summed E-state index contributed by atoms with van der Waals surface area (Å²) in [6, 6.07) is -4.66. The van der Waals surface area contributed by atoms with Crippen molar-refractivity contribution in [2.75, 3.05) is 33.0 Å². The van der Waals surface area contributed by atoms with Crippen molar-refractivity contribution in [1.29, 1.82) is 0 Å². The first-order valence-corrected chi connectivity index (χ1v) is 20.6. The Hall–Kier alpha value is -2.51. The molecule has 0 aliphatic carbocycles. The second-order valence-corrected chi connectivity index (χ2v) is 16.2. The summed E-state index contributed by atoms with van der Waals surface area (Å²) >= 11 is 0. The summed E-state index contributed by atoms with van der Waals surface area (Å²) in [4.78, 5) is 36.3. The van der Waals surface area contributed by atoms with E-state index in [4.69, 9.17) is 42.6 Å². The molecule has 1 unspecified atom stereocenters. The molecule has 3 amide bonds.